The first kappa shape index (κ1) is 12.0. The summed E-state index contributed by atoms with van der Waals surface area (Å²) in [7, 11) is 0. The minimum atomic E-state index is -0.248. The second-order valence-electron chi connectivity index (χ2n) is 3.76. The molecule has 1 aromatic carbocycles. The maximum absolute atomic E-state index is 13.1. The molecular weight excluding hydrogens is 243 g/mol. The van der Waals surface area contributed by atoms with Gasteiger partial charge in [-0.1, -0.05) is 0 Å². The summed E-state index contributed by atoms with van der Waals surface area (Å²) in [5.74, 6) is 2.92. The summed E-state index contributed by atoms with van der Waals surface area (Å²) in [5, 5.41) is 0.0450. The van der Waals surface area contributed by atoms with Gasteiger partial charge in [-0.15, -0.1) is 11.8 Å². The van der Waals surface area contributed by atoms with Crippen molar-refractivity contribution in [1.29, 1.82) is 0 Å². The monoisotopic (exact) mass is 256 g/mol. The molecule has 16 heavy (non-hydrogen) atoms. The molecule has 0 bridgehead atoms. The first-order valence-corrected chi connectivity index (χ1v) is 7.38. The standard InChI is InChI=1S/C12H13FOS2/c1-8-6-9(2-3-10(8)13)12(14)11-7-15-4-5-16-11/h2-3,6,11H,4-5,7H2,1H3. The van der Waals surface area contributed by atoms with Crippen LogP contribution in [-0.2, 0) is 0 Å². The Morgan fingerprint density at radius 1 is 1.44 bits per heavy atom. The largest absolute Gasteiger partial charge is 0.293 e. The second kappa shape index (κ2) is 5.23. The van der Waals surface area contributed by atoms with E-state index in [2.05, 4.69) is 0 Å². The summed E-state index contributed by atoms with van der Waals surface area (Å²) >= 11 is 3.53. The molecule has 1 atom stereocenters. The summed E-state index contributed by atoms with van der Waals surface area (Å²) in [6.45, 7) is 1.69. The molecule has 1 unspecified atom stereocenters. The smallest absolute Gasteiger partial charge is 0.176 e. The molecule has 1 aliphatic heterocycles. The molecule has 0 saturated carbocycles. The Morgan fingerprint density at radius 3 is 2.88 bits per heavy atom. The molecule has 0 aromatic heterocycles. The predicted octanol–water partition coefficient (Wildman–Crippen LogP) is 3.17. The van der Waals surface area contributed by atoms with Crippen LogP contribution in [0.15, 0.2) is 18.2 Å². The number of Topliss-reactive ketones (excluding diaryl/α,β-unsaturated/α-hetero) is 1. The van der Waals surface area contributed by atoms with Gasteiger partial charge < -0.3 is 0 Å². The van der Waals surface area contributed by atoms with Crippen molar-refractivity contribution in [3.63, 3.8) is 0 Å². The van der Waals surface area contributed by atoms with Crippen molar-refractivity contribution in [1.82, 2.24) is 0 Å². The highest BCUT2D eigenvalue weighted by Gasteiger charge is 2.23. The average molecular weight is 256 g/mol. The Balaban J connectivity index is 2.16. The number of benzene rings is 1. The summed E-state index contributed by atoms with van der Waals surface area (Å²) in [6, 6.07) is 4.62. The molecule has 1 nitrogen and oxygen atoms in total. The highest BCUT2D eigenvalue weighted by Crippen LogP contribution is 2.27. The third-order valence-electron chi connectivity index (χ3n) is 2.55. The Morgan fingerprint density at radius 2 is 2.25 bits per heavy atom. The fourth-order valence-corrected chi connectivity index (χ4v) is 4.26. The third-order valence-corrected chi connectivity index (χ3v) is 5.31. The van der Waals surface area contributed by atoms with Crippen LogP contribution in [0.5, 0.6) is 0 Å². The first-order valence-electron chi connectivity index (χ1n) is 5.18. The van der Waals surface area contributed by atoms with Gasteiger partial charge in [-0.3, -0.25) is 4.79 Å². The molecule has 1 saturated heterocycles. The van der Waals surface area contributed by atoms with Crippen LogP contribution >= 0.6 is 23.5 Å². The number of hydrogen-bond donors (Lipinski definition) is 0. The average Bonchev–Trinajstić information content (AvgIpc) is 2.33. The van der Waals surface area contributed by atoms with Crippen LogP contribution in [0.4, 0.5) is 4.39 Å². The van der Waals surface area contributed by atoms with E-state index in [1.807, 2.05) is 11.8 Å². The Kier molecular flexibility index (Phi) is 3.92. The zero-order valence-electron chi connectivity index (χ0n) is 9.03. The third kappa shape index (κ3) is 2.61. The van der Waals surface area contributed by atoms with E-state index >= 15 is 0 Å². The Hall–Kier alpha value is -0.480. The van der Waals surface area contributed by atoms with Gasteiger partial charge in [0.15, 0.2) is 5.78 Å². The number of carbonyl (C=O) groups is 1. The van der Waals surface area contributed by atoms with E-state index in [4.69, 9.17) is 0 Å². The van der Waals surface area contributed by atoms with Crippen LogP contribution in [0.2, 0.25) is 0 Å². The SMILES string of the molecule is Cc1cc(C(=O)C2CSCCS2)ccc1F. The van der Waals surface area contributed by atoms with Crippen molar-refractivity contribution in [2.24, 2.45) is 0 Å². The quantitative estimate of drug-likeness (QED) is 0.757. The summed E-state index contributed by atoms with van der Waals surface area (Å²) in [6.07, 6.45) is 0. The van der Waals surface area contributed by atoms with Gasteiger partial charge in [0.05, 0.1) is 5.25 Å². The van der Waals surface area contributed by atoms with Gasteiger partial charge in [-0.2, -0.15) is 11.8 Å². The van der Waals surface area contributed by atoms with E-state index in [-0.39, 0.29) is 16.9 Å². The highest BCUT2D eigenvalue weighted by molar-refractivity contribution is 8.07. The maximum Gasteiger partial charge on any atom is 0.176 e. The van der Waals surface area contributed by atoms with E-state index in [1.165, 1.54) is 6.07 Å². The molecule has 1 heterocycles. The lowest BCUT2D eigenvalue weighted by Gasteiger charge is -2.19. The Labute approximate surface area is 103 Å². The minimum absolute atomic E-state index is 0.0450. The van der Waals surface area contributed by atoms with E-state index in [0.29, 0.717) is 11.1 Å². The minimum Gasteiger partial charge on any atom is -0.293 e. The number of thioether (sulfide) groups is 2. The Bertz CT molecular complexity index is 400. The zero-order valence-corrected chi connectivity index (χ0v) is 10.7. The summed E-state index contributed by atoms with van der Waals surface area (Å²) in [5.41, 5.74) is 1.18. The van der Waals surface area contributed by atoms with Gasteiger partial charge in [0.1, 0.15) is 5.82 Å². The predicted molar refractivity (Wildman–Crippen MR) is 69.0 cm³/mol. The van der Waals surface area contributed by atoms with Crippen LogP contribution in [0.3, 0.4) is 0 Å². The van der Waals surface area contributed by atoms with Crippen molar-refractivity contribution in [3.8, 4) is 0 Å². The molecule has 0 radical (unpaired) electrons. The molecule has 1 aromatic rings. The van der Waals surface area contributed by atoms with Crippen molar-refractivity contribution in [2.75, 3.05) is 17.3 Å². The highest BCUT2D eigenvalue weighted by atomic mass is 32.2. The lowest BCUT2D eigenvalue weighted by molar-refractivity contribution is 0.0995. The lowest BCUT2D eigenvalue weighted by atomic mass is 10.1. The van der Waals surface area contributed by atoms with Crippen molar-refractivity contribution in [2.45, 2.75) is 12.2 Å². The molecule has 1 fully saturated rings. The maximum atomic E-state index is 13.1. The summed E-state index contributed by atoms with van der Waals surface area (Å²) < 4.78 is 13.1. The van der Waals surface area contributed by atoms with Crippen LogP contribution in [-0.4, -0.2) is 28.3 Å². The van der Waals surface area contributed by atoms with Crippen LogP contribution < -0.4 is 0 Å². The topological polar surface area (TPSA) is 17.1 Å². The molecule has 2 rings (SSSR count). The molecular formula is C12H13FOS2. The number of rotatable bonds is 2. The van der Waals surface area contributed by atoms with Gasteiger partial charge in [0, 0.05) is 22.8 Å². The van der Waals surface area contributed by atoms with E-state index in [1.54, 1.807) is 30.8 Å². The molecule has 1 aliphatic rings. The van der Waals surface area contributed by atoms with Crippen molar-refractivity contribution < 1.29 is 9.18 Å². The van der Waals surface area contributed by atoms with E-state index in [9.17, 15) is 9.18 Å². The molecule has 86 valence electrons. The van der Waals surface area contributed by atoms with Crippen LogP contribution in [0, 0.1) is 12.7 Å². The molecule has 4 heteroatoms. The fourth-order valence-electron chi connectivity index (χ4n) is 1.62. The van der Waals surface area contributed by atoms with Crippen LogP contribution in [0.1, 0.15) is 15.9 Å². The normalized spacial score (nSPS) is 20.8. The van der Waals surface area contributed by atoms with Gasteiger partial charge in [-0.25, -0.2) is 4.39 Å². The van der Waals surface area contributed by atoms with Gasteiger partial charge >= 0.3 is 0 Å². The van der Waals surface area contributed by atoms with Crippen molar-refractivity contribution in [3.05, 3.63) is 35.1 Å². The van der Waals surface area contributed by atoms with E-state index < -0.39 is 0 Å². The van der Waals surface area contributed by atoms with Gasteiger partial charge in [-0.05, 0) is 30.7 Å². The number of aryl methyl sites for hydroxylation is 1. The zero-order chi connectivity index (χ0) is 11.5. The van der Waals surface area contributed by atoms with E-state index in [0.717, 1.165) is 17.3 Å². The molecule has 0 amide bonds. The summed E-state index contributed by atoms with van der Waals surface area (Å²) in [4.78, 5) is 12.1. The number of carbonyl (C=O) groups excluding carboxylic acids is 1. The lowest BCUT2D eigenvalue weighted by Crippen LogP contribution is -2.24. The number of hydrogen-bond acceptors (Lipinski definition) is 3. The second-order valence-corrected chi connectivity index (χ2v) is 6.22. The van der Waals surface area contributed by atoms with Gasteiger partial charge in [0.25, 0.3) is 0 Å². The van der Waals surface area contributed by atoms with Crippen LogP contribution in [0.25, 0.3) is 0 Å². The van der Waals surface area contributed by atoms with Crippen molar-refractivity contribution >= 4 is 29.3 Å². The first-order chi connectivity index (χ1) is 7.68. The van der Waals surface area contributed by atoms with Gasteiger partial charge in [0.2, 0.25) is 0 Å². The molecule has 0 spiro atoms. The fraction of sp³-hybridized carbons (Fsp3) is 0.417. The molecule has 0 aliphatic carbocycles. The number of halogens is 1. The number of ketones is 1. The molecule has 0 N–H and O–H groups in total.